The molecule has 1 aromatic rings. The van der Waals surface area contributed by atoms with E-state index in [0.717, 1.165) is 58.0 Å². The van der Waals surface area contributed by atoms with Crippen LogP contribution in [0.4, 0.5) is 0 Å². The van der Waals surface area contributed by atoms with E-state index in [4.69, 9.17) is 9.47 Å². The highest BCUT2D eigenvalue weighted by molar-refractivity contribution is 8.00. The molecule has 4 saturated heterocycles. The smallest absolute Gasteiger partial charge is 0.164 e. The van der Waals surface area contributed by atoms with Crippen molar-refractivity contribution in [2.75, 3.05) is 52.3 Å². The number of benzene rings is 1. The molecule has 0 radical (unpaired) electrons. The molecule has 0 bridgehead atoms. The van der Waals surface area contributed by atoms with E-state index in [9.17, 15) is 0 Å². The Morgan fingerprint density at radius 1 is 1.18 bits per heavy atom. The van der Waals surface area contributed by atoms with Crippen LogP contribution in [0.3, 0.4) is 0 Å². The molecule has 5 rings (SSSR count). The molecule has 0 aliphatic carbocycles. The van der Waals surface area contributed by atoms with Gasteiger partial charge in [-0.1, -0.05) is 36.2 Å². The molecular formula is C26H43N5O2S. The van der Waals surface area contributed by atoms with Gasteiger partial charge in [0.15, 0.2) is 6.35 Å². The summed E-state index contributed by atoms with van der Waals surface area (Å²) < 4.78 is 12.0. The first-order valence-electron chi connectivity index (χ1n) is 13.3. The van der Waals surface area contributed by atoms with Crippen molar-refractivity contribution in [2.45, 2.75) is 75.0 Å². The van der Waals surface area contributed by atoms with Crippen molar-refractivity contribution < 1.29 is 9.47 Å². The van der Waals surface area contributed by atoms with Crippen molar-refractivity contribution in [3.8, 4) is 0 Å². The Hall–Kier alpha value is -0.710. The Morgan fingerprint density at radius 3 is 2.85 bits per heavy atom. The highest BCUT2D eigenvalue weighted by Crippen LogP contribution is 2.40. The van der Waals surface area contributed by atoms with Crippen LogP contribution in [0.15, 0.2) is 24.3 Å². The fraction of sp³-hybridized carbons (Fsp3) is 0.769. The topological polar surface area (TPSA) is 61.0 Å². The van der Waals surface area contributed by atoms with Crippen LogP contribution in [0.2, 0.25) is 0 Å². The molecule has 4 fully saturated rings. The Morgan fingerprint density at radius 2 is 2.06 bits per heavy atom. The average molecular weight is 490 g/mol. The van der Waals surface area contributed by atoms with Crippen LogP contribution in [-0.2, 0) is 9.47 Å². The van der Waals surface area contributed by atoms with Gasteiger partial charge in [0.25, 0.3) is 0 Å². The van der Waals surface area contributed by atoms with Gasteiger partial charge in [-0.25, -0.2) is 0 Å². The Labute approximate surface area is 209 Å². The maximum Gasteiger partial charge on any atom is 0.164 e. The highest BCUT2D eigenvalue weighted by Gasteiger charge is 2.42. The van der Waals surface area contributed by atoms with E-state index in [1.54, 1.807) is 0 Å². The first-order chi connectivity index (χ1) is 16.7. The molecule has 1 aromatic carbocycles. The third-order valence-corrected chi connectivity index (χ3v) is 9.44. The number of hydrogen-bond donors (Lipinski definition) is 3. The monoisotopic (exact) mass is 489 g/mol. The van der Waals surface area contributed by atoms with Gasteiger partial charge < -0.3 is 14.8 Å². The molecular weight excluding hydrogens is 446 g/mol. The number of likely N-dealkylation sites (N-methyl/N-ethyl adjacent to an activating group) is 1. The van der Waals surface area contributed by atoms with E-state index in [-0.39, 0.29) is 6.35 Å². The van der Waals surface area contributed by atoms with Gasteiger partial charge in [-0.05, 0) is 51.8 Å². The summed E-state index contributed by atoms with van der Waals surface area (Å²) in [7, 11) is 2.30. The standard InChI is InChI=1S/C26H43N5O2S/c1-19-6-5-7-20(16-19)23-18-34-25(30(23)2)22-17-24(31-11-14-32-15-12-31)29-26(28-22)33-13-9-21-8-3-4-10-27-21/h5-7,16,21-29H,3-4,8-15,17-18H2,1-2H3. The predicted molar refractivity (Wildman–Crippen MR) is 139 cm³/mol. The molecule has 0 spiro atoms. The summed E-state index contributed by atoms with van der Waals surface area (Å²) >= 11 is 2.09. The zero-order valence-corrected chi connectivity index (χ0v) is 21.7. The van der Waals surface area contributed by atoms with Crippen molar-refractivity contribution in [3.63, 3.8) is 0 Å². The van der Waals surface area contributed by atoms with Crippen molar-refractivity contribution in [1.29, 1.82) is 0 Å². The van der Waals surface area contributed by atoms with Crippen molar-refractivity contribution >= 4 is 11.8 Å². The number of nitrogens with one attached hydrogen (secondary N) is 3. The number of piperidine rings is 1. The number of thioether (sulfide) groups is 1. The minimum Gasteiger partial charge on any atom is -0.379 e. The zero-order chi connectivity index (χ0) is 23.3. The molecule has 34 heavy (non-hydrogen) atoms. The average Bonchev–Trinajstić information content (AvgIpc) is 3.26. The Bertz CT molecular complexity index is 773. The third-order valence-electron chi connectivity index (χ3n) is 7.93. The molecule has 6 unspecified atom stereocenters. The van der Waals surface area contributed by atoms with Crippen LogP contribution in [0, 0.1) is 6.92 Å². The molecule has 190 valence electrons. The first-order valence-corrected chi connectivity index (χ1v) is 14.3. The Kier molecular flexibility index (Phi) is 8.82. The van der Waals surface area contributed by atoms with Crippen LogP contribution < -0.4 is 16.0 Å². The van der Waals surface area contributed by atoms with Gasteiger partial charge >= 0.3 is 0 Å². The molecule has 8 heteroatoms. The molecule has 0 saturated carbocycles. The fourth-order valence-electron chi connectivity index (χ4n) is 5.94. The van der Waals surface area contributed by atoms with E-state index < -0.39 is 0 Å². The van der Waals surface area contributed by atoms with Crippen LogP contribution in [0.1, 0.15) is 49.3 Å². The molecule has 4 aliphatic heterocycles. The summed E-state index contributed by atoms with van der Waals surface area (Å²) in [6.45, 7) is 7.75. The number of nitrogens with zero attached hydrogens (tertiary/aromatic N) is 2. The summed E-state index contributed by atoms with van der Waals surface area (Å²) in [6.07, 6.45) is 6.29. The van der Waals surface area contributed by atoms with Crippen LogP contribution in [-0.4, -0.2) is 92.0 Å². The molecule has 3 N–H and O–H groups in total. The lowest BCUT2D eigenvalue weighted by Crippen LogP contribution is -2.67. The molecule has 6 atom stereocenters. The zero-order valence-electron chi connectivity index (χ0n) is 20.9. The van der Waals surface area contributed by atoms with Crippen LogP contribution >= 0.6 is 11.8 Å². The van der Waals surface area contributed by atoms with Gasteiger partial charge in [0.05, 0.1) is 31.4 Å². The first kappa shape index (κ1) is 25.0. The summed E-state index contributed by atoms with van der Waals surface area (Å²) in [4.78, 5) is 5.13. The third kappa shape index (κ3) is 6.16. The fourth-order valence-corrected chi connectivity index (χ4v) is 7.55. The van der Waals surface area contributed by atoms with E-state index in [2.05, 4.69) is 75.7 Å². The summed E-state index contributed by atoms with van der Waals surface area (Å²) in [5, 5.41) is 11.7. The van der Waals surface area contributed by atoms with Crippen molar-refractivity contribution in [1.82, 2.24) is 25.8 Å². The minimum atomic E-state index is -0.109. The second-order valence-electron chi connectivity index (χ2n) is 10.3. The molecule has 0 aromatic heterocycles. The maximum absolute atomic E-state index is 6.41. The van der Waals surface area contributed by atoms with E-state index in [1.807, 2.05) is 0 Å². The second kappa shape index (κ2) is 12.0. The van der Waals surface area contributed by atoms with E-state index >= 15 is 0 Å². The van der Waals surface area contributed by atoms with Gasteiger partial charge in [0.1, 0.15) is 0 Å². The van der Waals surface area contributed by atoms with E-state index in [0.29, 0.717) is 29.7 Å². The molecule has 4 aliphatic rings. The predicted octanol–water partition coefficient (Wildman–Crippen LogP) is 2.48. The number of morpholine rings is 1. The van der Waals surface area contributed by atoms with Gasteiger partial charge in [-0.2, -0.15) is 0 Å². The van der Waals surface area contributed by atoms with Gasteiger partial charge in [-0.15, -0.1) is 11.8 Å². The molecule has 7 nitrogen and oxygen atoms in total. The van der Waals surface area contributed by atoms with Gasteiger partial charge in [0, 0.05) is 37.0 Å². The normalized spacial score (nSPS) is 36.1. The van der Waals surface area contributed by atoms with Gasteiger partial charge in [-0.3, -0.25) is 20.4 Å². The maximum atomic E-state index is 6.41. The lowest BCUT2D eigenvalue weighted by Gasteiger charge is -2.46. The quantitative estimate of drug-likeness (QED) is 0.540. The summed E-state index contributed by atoms with van der Waals surface area (Å²) in [6, 6.07) is 10.5. The molecule has 4 heterocycles. The lowest BCUT2D eigenvalue weighted by atomic mass is 10.0. The largest absolute Gasteiger partial charge is 0.379 e. The number of aryl methyl sites for hydroxylation is 1. The van der Waals surface area contributed by atoms with Crippen LogP contribution in [0.25, 0.3) is 0 Å². The molecule has 0 amide bonds. The Balaban J connectivity index is 1.23. The number of hydrogen-bond acceptors (Lipinski definition) is 8. The number of ether oxygens (including phenoxy) is 2. The summed E-state index contributed by atoms with van der Waals surface area (Å²) in [5.41, 5.74) is 2.77. The SMILES string of the molecule is Cc1cccc(C2CSC(C3CC(N4CCOCC4)NC(OCCC4CCCCN4)N3)N2C)c1. The highest BCUT2D eigenvalue weighted by atomic mass is 32.2. The van der Waals surface area contributed by atoms with Crippen molar-refractivity contribution in [2.24, 2.45) is 0 Å². The number of rotatable bonds is 7. The van der Waals surface area contributed by atoms with E-state index in [1.165, 1.54) is 30.4 Å². The summed E-state index contributed by atoms with van der Waals surface area (Å²) in [5.74, 6) is 1.14. The minimum absolute atomic E-state index is 0.109. The van der Waals surface area contributed by atoms with Crippen LogP contribution in [0.5, 0.6) is 0 Å². The second-order valence-corrected chi connectivity index (χ2v) is 11.5. The van der Waals surface area contributed by atoms with Gasteiger partial charge in [0.2, 0.25) is 0 Å². The van der Waals surface area contributed by atoms with Crippen molar-refractivity contribution in [3.05, 3.63) is 35.4 Å². The lowest BCUT2D eigenvalue weighted by molar-refractivity contribution is -0.0789.